The van der Waals surface area contributed by atoms with Crippen molar-refractivity contribution in [3.8, 4) is 0 Å². The molecule has 0 aliphatic carbocycles. The van der Waals surface area contributed by atoms with Crippen LogP contribution in [0.15, 0.2) is 41.2 Å². The van der Waals surface area contributed by atoms with Crippen molar-refractivity contribution in [2.24, 2.45) is 0 Å². The van der Waals surface area contributed by atoms with Gasteiger partial charge in [-0.3, -0.25) is 9.78 Å². The maximum Gasteiger partial charge on any atom is 0.192 e. The van der Waals surface area contributed by atoms with Crippen molar-refractivity contribution in [1.29, 1.82) is 0 Å². The average Bonchev–Trinajstić information content (AvgIpc) is 2.66. The summed E-state index contributed by atoms with van der Waals surface area (Å²) in [5, 5.41) is 3.59. The third-order valence-electron chi connectivity index (χ3n) is 4.81. The number of pyridine rings is 2. The molecule has 0 bridgehead atoms. The average molecular weight is 434 g/mol. The molecule has 0 atom stereocenters. The summed E-state index contributed by atoms with van der Waals surface area (Å²) in [6, 6.07) is 10.8. The lowest BCUT2D eigenvalue weighted by Crippen LogP contribution is -2.09. The molecule has 0 spiro atoms. The lowest BCUT2D eigenvalue weighted by molar-refractivity contribution is 1.18. The van der Waals surface area contributed by atoms with Crippen LogP contribution >= 0.6 is 34.8 Å². The number of hydrogen-bond acceptors (Lipinski definition) is 2. The second-order valence-corrected chi connectivity index (χ2v) is 7.94. The molecule has 2 aromatic heterocycles. The predicted molar refractivity (Wildman–Crippen MR) is 120 cm³/mol. The van der Waals surface area contributed by atoms with E-state index in [0.717, 1.165) is 44.0 Å². The maximum atomic E-state index is 11.8. The first-order valence-corrected chi connectivity index (χ1v) is 9.83. The molecule has 0 radical (unpaired) electrons. The zero-order chi connectivity index (χ0) is 20.6. The molecule has 3 nitrogen and oxygen atoms in total. The number of aromatic nitrogens is 2. The van der Waals surface area contributed by atoms with E-state index >= 15 is 0 Å². The van der Waals surface area contributed by atoms with Crippen molar-refractivity contribution >= 4 is 56.6 Å². The fraction of sp³-hybridized carbons (Fsp3) is 0.182. The largest absolute Gasteiger partial charge is 0.358 e. The summed E-state index contributed by atoms with van der Waals surface area (Å²) in [5.41, 5.74) is 5.42. The van der Waals surface area contributed by atoms with E-state index in [9.17, 15) is 4.79 Å². The van der Waals surface area contributed by atoms with Crippen LogP contribution in [-0.4, -0.2) is 9.97 Å². The summed E-state index contributed by atoms with van der Waals surface area (Å²) in [7, 11) is 0. The van der Waals surface area contributed by atoms with Crippen LogP contribution in [0.25, 0.3) is 21.8 Å². The second kappa shape index (κ2) is 8.12. The van der Waals surface area contributed by atoms with Crippen molar-refractivity contribution < 1.29 is 0 Å². The van der Waals surface area contributed by atoms with Crippen LogP contribution in [0.1, 0.15) is 22.5 Å². The fourth-order valence-corrected chi connectivity index (χ4v) is 3.52. The van der Waals surface area contributed by atoms with E-state index in [1.54, 1.807) is 12.1 Å². The van der Waals surface area contributed by atoms with Gasteiger partial charge in [0.1, 0.15) is 0 Å². The Morgan fingerprint density at radius 1 is 0.821 bits per heavy atom. The zero-order valence-corrected chi connectivity index (χ0v) is 18.2. The van der Waals surface area contributed by atoms with Gasteiger partial charge in [-0.05, 0) is 69.7 Å². The van der Waals surface area contributed by atoms with Crippen LogP contribution in [-0.2, 0) is 0 Å². The number of fused-ring (bicyclic) bond motifs is 2. The Balaban J connectivity index is 0.000000161. The van der Waals surface area contributed by atoms with Gasteiger partial charge in [0.25, 0.3) is 0 Å². The van der Waals surface area contributed by atoms with Crippen LogP contribution in [0.3, 0.4) is 0 Å². The number of halogens is 3. The molecule has 4 rings (SSSR count). The minimum Gasteiger partial charge on any atom is -0.358 e. The molecule has 28 heavy (non-hydrogen) atoms. The van der Waals surface area contributed by atoms with Crippen LogP contribution in [0, 0.1) is 27.7 Å². The molecule has 0 amide bonds. The Morgan fingerprint density at radius 2 is 1.43 bits per heavy atom. The number of nitrogens with zero attached hydrogens (tertiary/aromatic N) is 1. The van der Waals surface area contributed by atoms with Crippen LogP contribution < -0.4 is 5.43 Å². The zero-order valence-electron chi connectivity index (χ0n) is 16.0. The van der Waals surface area contributed by atoms with E-state index in [-0.39, 0.29) is 5.43 Å². The Hall–Kier alpha value is -2.07. The predicted octanol–water partition coefficient (Wildman–Crippen LogP) is 6.96. The van der Waals surface area contributed by atoms with Crippen LogP contribution in [0.2, 0.25) is 15.1 Å². The molecule has 2 aromatic carbocycles. The topological polar surface area (TPSA) is 45.8 Å². The smallest absolute Gasteiger partial charge is 0.192 e. The summed E-state index contributed by atoms with van der Waals surface area (Å²) in [4.78, 5) is 19.4. The first-order chi connectivity index (χ1) is 13.2. The highest BCUT2D eigenvalue weighted by Gasteiger charge is 2.07. The number of H-pyrrole nitrogens is 1. The van der Waals surface area contributed by atoms with Gasteiger partial charge in [0.2, 0.25) is 0 Å². The Morgan fingerprint density at radius 3 is 2.11 bits per heavy atom. The number of hydrogen-bond donors (Lipinski definition) is 1. The minimum absolute atomic E-state index is 0.0544. The monoisotopic (exact) mass is 432 g/mol. The highest BCUT2D eigenvalue weighted by molar-refractivity contribution is 6.37. The van der Waals surface area contributed by atoms with Gasteiger partial charge >= 0.3 is 0 Å². The van der Waals surface area contributed by atoms with Crippen molar-refractivity contribution in [1.82, 2.24) is 9.97 Å². The highest BCUT2D eigenvalue weighted by Crippen LogP contribution is 2.29. The quantitative estimate of drug-likeness (QED) is 0.326. The Bertz CT molecular complexity index is 1260. The summed E-state index contributed by atoms with van der Waals surface area (Å²) in [5.74, 6) is 0. The number of benzene rings is 2. The van der Waals surface area contributed by atoms with E-state index in [4.69, 9.17) is 34.8 Å². The first-order valence-electron chi connectivity index (χ1n) is 8.69. The summed E-state index contributed by atoms with van der Waals surface area (Å²) in [6.45, 7) is 7.62. The molecule has 0 fully saturated rings. The lowest BCUT2D eigenvalue weighted by Gasteiger charge is -2.06. The van der Waals surface area contributed by atoms with E-state index in [2.05, 4.69) is 9.97 Å². The molecular formula is C22H19Cl3N2O. The Labute approximate surface area is 178 Å². The normalized spacial score (nSPS) is 10.8. The molecule has 0 aliphatic rings. The Kier molecular flexibility index (Phi) is 5.99. The molecule has 2 heterocycles. The minimum atomic E-state index is 0.0544. The molecule has 144 valence electrons. The van der Waals surface area contributed by atoms with Gasteiger partial charge in [0.05, 0.1) is 10.5 Å². The third kappa shape index (κ3) is 4.02. The van der Waals surface area contributed by atoms with Crippen molar-refractivity contribution in [2.45, 2.75) is 27.7 Å². The van der Waals surface area contributed by atoms with Crippen molar-refractivity contribution in [3.05, 3.63) is 84.2 Å². The van der Waals surface area contributed by atoms with Gasteiger partial charge < -0.3 is 4.98 Å². The summed E-state index contributed by atoms with van der Waals surface area (Å²) < 4.78 is 0. The first kappa shape index (κ1) is 20.7. The highest BCUT2D eigenvalue weighted by atomic mass is 35.5. The number of aryl methyl sites for hydroxylation is 2. The molecule has 0 unspecified atom stereocenters. The standard InChI is InChI=1S/C11H9Cl2N.C11H10ClNO/c1-6-7(2)14-10-4-3-8(12)5-9(10)11(6)13;1-6-7(2)13-10-4-3-8(12)5-9(10)11(6)14/h3-5H,1-2H3;3-5H,1-2H3,(H,13,14). The molecule has 0 saturated heterocycles. The van der Waals surface area contributed by atoms with Crippen LogP contribution in [0.4, 0.5) is 0 Å². The van der Waals surface area contributed by atoms with Gasteiger partial charge in [0, 0.05) is 43.3 Å². The van der Waals surface area contributed by atoms with Gasteiger partial charge in [0.15, 0.2) is 5.43 Å². The van der Waals surface area contributed by atoms with Gasteiger partial charge in [-0.2, -0.15) is 0 Å². The molecule has 6 heteroatoms. The molecule has 1 N–H and O–H groups in total. The SMILES string of the molecule is Cc1[nH]c2ccc(Cl)cc2c(=O)c1C.Cc1nc2ccc(Cl)cc2c(Cl)c1C. The van der Waals surface area contributed by atoms with Crippen LogP contribution in [0.5, 0.6) is 0 Å². The van der Waals surface area contributed by atoms with Crippen molar-refractivity contribution in [2.75, 3.05) is 0 Å². The van der Waals surface area contributed by atoms with E-state index in [0.29, 0.717) is 15.4 Å². The molecule has 4 aromatic rings. The number of nitrogens with one attached hydrogen (secondary N) is 1. The lowest BCUT2D eigenvalue weighted by atomic mass is 10.1. The second-order valence-electron chi connectivity index (χ2n) is 6.69. The molecular weight excluding hydrogens is 415 g/mol. The van der Waals surface area contributed by atoms with Gasteiger partial charge in [-0.1, -0.05) is 34.8 Å². The fourth-order valence-electron chi connectivity index (χ4n) is 2.89. The van der Waals surface area contributed by atoms with E-state index in [1.165, 1.54) is 0 Å². The van der Waals surface area contributed by atoms with Crippen molar-refractivity contribution in [3.63, 3.8) is 0 Å². The maximum absolute atomic E-state index is 11.8. The summed E-state index contributed by atoms with van der Waals surface area (Å²) in [6.07, 6.45) is 0. The van der Waals surface area contributed by atoms with E-state index < -0.39 is 0 Å². The molecule has 0 aliphatic heterocycles. The molecule has 0 saturated carbocycles. The third-order valence-corrected chi connectivity index (χ3v) is 5.76. The summed E-state index contributed by atoms with van der Waals surface area (Å²) >= 11 is 17.9. The van der Waals surface area contributed by atoms with Gasteiger partial charge in [-0.15, -0.1) is 0 Å². The number of aromatic amines is 1. The number of rotatable bonds is 0. The van der Waals surface area contributed by atoms with Gasteiger partial charge in [-0.25, -0.2) is 0 Å². The van der Waals surface area contributed by atoms with E-state index in [1.807, 2.05) is 52.0 Å².